The van der Waals surface area contributed by atoms with Crippen LogP contribution in [-0.2, 0) is 6.42 Å². The van der Waals surface area contributed by atoms with Gasteiger partial charge in [0.05, 0.1) is 12.2 Å². The van der Waals surface area contributed by atoms with Crippen molar-refractivity contribution < 1.29 is 13.5 Å². The van der Waals surface area contributed by atoms with E-state index in [-0.39, 0.29) is 17.2 Å². The highest BCUT2D eigenvalue weighted by atomic mass is 19.2. The molecule has 0 aromatic heterocycles. The van der Waals surface area contributed by atoms with Crippen LogP contribution in [0.25, 0.3) is 0 Å². The van der Waals surface area contributed by atoms with Gasteiger partial charge in [-0.3, -0.25) is 0 Å². The number of rotatable bonds is 10. The molecule has 0 aliphatic heterocycles. The average molecular weight is 453 g/mol. The molecule has 1 aliphatic carbocycles. The molecule has 1 nitrogen and oxygen atoms in total. The first-order valence-corrected chi connectivity index (χ1v) is 12.8. The Balaban J connectivity index is 1.51. The fourth-order valence-corrected chi connectivity index (χ4v) is 4.56. The quantitative estimate of drug-likeness (QED) is 0.259. The Bertz CT molecular complexity index is 915. The molecule has 1 saturated carbocycles. The third kappa shape index (κ3) is 7.60. The van der Waals surface area contributed by atoms with Gasteiger partial charge in [-0.25, -0.2) is 4.39 Å². The fraction of sp³-hybridized carbons (Fsp3) is 0.533. The lowest BCUT2D eigenvalue weighted by molar-refractivity contribution is 0.286. The summed E-state index contributed by atoms with van der Waals surface area (Å²) in [7, 11) is 0. The monoisotopic (exact) mass is 452 g/mol. The Morgan fingerprint density at radius 2 is 1.52 bits per heavy atom. The minimum Gasteiger partial charge on any atom is -0.490 e. The van der Waals surface area contributed by atoms with Gasteiger partial charge in [0.1, 0.15) is 0 Å². The molecule has 0 saturated heterocycles. The minimum atomic E-state index is -0.930. The summed E-state index contributed by atoms with van der Waals surface area (Å²) in [6.07, 6.45) is 12.1. The number of halogens is 2. The molecule has 3 heteroatoms. The molecule has 0 heterocycles. The van der Waals surface area contributed by atoms with Crippen molar-refractivity contribution in [1.29, 1.82) is 0 Å². The van der Waals surface area contributed by atoms with E-state index in [2.05, 4.69) is 50.0 Å². The molecule has 3 rings (SSSR count). The highest BCUT2D eigenvalue weighted by molar-refractivity contribution is 5.41. The van der Waals surface area contributed by atoms with Crippen LogP contribution in [0.15, 0.2) is 36.4 Å². The highest BCUT2D eigenvalue weighted by Crippen LogP contribution is 2.35. The standard InChI is InChI=1S/C30H38F2O/c1-3-5-7-9-23-10-15-25(16-11-23)26-17-12-24(13-18-26)14-19-27-20-21-28(30(32)29(27)31)33-22-8-6-4-2/h10-11,15-16,20-21,24,26H,3-9,12-13,17-18,22H2,1-2H3. The lowest BCUT2D eigenvalue weighted by Crippen LogP contribution is -2.12. The largest absolute Gasteiger partial charge is 0.490 e. The van der Waals surface area contributed by atoms with E-state index >= 15 is 0 Å². The van der Waals surface area contributed by atoms with Gasteiger partial charge in [0.25, 0.3) is 0 Å². The molecule has 2 aromatic carbocycles. The highest BCUT2D eigenvalue weighted by Gasteiger charge is 2.21. The minimum absolute atomic E-state index is 0.0222. The first-order valence-electron chi connectivity index (χ1n) is 12.8. The Hall–Kier alpha value is -2.34. The van der Waals surface area contributed by atoms with Crippen LogP contribution in [0.5, 0.6) is 5.75 Å². The van der Waals surface area contributed by atoms with Gasteiger partial charge in [-0.05, 0) is 74.1 Å². The van der Waals surface area contributed by atoms with Crippen LogP contribution in [0.2, 0.25) is 0 Å². The summed E-state index contributed by atoms with van der Waals surface area (Å²) < 4.78 is 34.2. The smallest absolute Gasteiger partial charge is 0.201 e. The summed E-state index contributed by atoms with van der Waals surface area (Å²) in [6.45, 7) is 4.73. The van der Waals surface area contributed by atoms with Gasteiger partial charge in [0.2, 0.25) is 5.82 Å². The SMILES string of the molecule is CCCCCOc1ccc(C#CC2CCC(c3ccc(CCCCC)cc3)CC2)c(F)c1F. The second-order valence-electron chi connectivity index (χ2n) is 9.31. The van der Waals surface area contributed by atoms with E-state index in [4.69, 9.17) is 4.74 Å². The topological polar surface area (TPSA) is 9.23 Å². The molecule has 0 N–H and O–H groups in total. The second-order valence-corrected chi connectivity index (χ2v) is 9.31. The number of benzene rings is 2. The van der Waals surface area contributed by atoms with Crippen molar-refractivity contribution in [2.24, 2.45) is 5.92 Å². The lowest BCUT2D eigenvalue weighted by atomic mass is 9.78. The van der Waals surface area contributed by atoms with Gasteiger partial charge in [0, 0.05) is 5.92 Å². The van der Waals surface area contributed by atoms with E-state index in [0.29, 0.717) is 12.5 Å². The summed E-state index contributed by atoms with van der Waals surface area (Å²) >= 11 is 0. The molecule has 1 aliphatic rings. The molecule has 0 atom stereocenters. The maximum Gasteiger partial charge on any atom is 0.201 e. The molecular formula is C30H38F2O. The van der Waals surface area contributed by atoms with Crippen molar-refractivity contribution >= 4 is 0 Å². The Kier molecular flexibility index (Phi) is 10.3. The molecule has 0 amide bonds. The fourth-order valence-electron chi connectivity index (χ4n) is 4.56. The van der Waals surface area contributed by atoms with E-state index in [9.17, 15) is 8.78 Å². The van der Waals surface area contributed by atoms with Gasteiger partial charge in [-0.1, -0.05) is 75.6 Å². The summed E-state index contributed by atoms with van der Waals surface area (Å²) in [5.74, 6) is 5.05. The molecule has 1 fully saturated rings. The molecule has 2 aromatic rings. The first kappa shape index (κ1) is 25.3. The molecular weight excluding hydrogens is 414 g/mol. The van der Waals surface area contributed by atoms with Crippen LogP contribution in [0.4, 0.5) is 8.78 Å². The predicted octanol–water partition coefficient (Wildman–Crippen LogP) is 8.59. The van der Waals surface area contributed by atoms with Gasteiger partial charge in [-0.2, -0.15) is 4.39 Å². The van der Waals surface area contributed by atoms with Gasteiger partial charge in [-0.15, -0.1) is 0 Å². The number of aryl methyl sites for hydroxylation is 1. The summed E-state index contributed by atoms with van der Waals surface area (Å²) in [5.41, 5.74) is 2.97. The van der Waals surface area contributed by atoms with Gasteiger partial charge < -0.3 is 4.74 Å². The number of hydrogen-bond acceptors (Lipinski definition) is 1. The number of unbranched alkanes of at least 4 members (excludes halogenated alkanes) is 4. The molecule has 0 spiro atoms. The predicted molar refractivity (Wildman–Crippen MR) is 133 cm³/mol. The Morgan fingerprint density at radius 1 is 0.818 bits per heavy atom. The first-order chi connectivity index (χ1) is 16.1. The zero-order chi connectivity index (χ0) is 23.5. The van der Waals surface area contributed by atoms with Crippen molar-refractivity contribution in [3.63, 3.8) is 0 Å². The summed E-state index contributed by atoms with van der Waals surface area (Å²) in [6, 6.07) is 12.2. The molecule has 33 heavy (non-hydrogen) atoms. The van der Waals surface area contributed by atoms with Crippen LogP contribution >= 0.6 is 0 Å². The second kappa shape index (κ2) is 13.4. The zero-order valence-electron chi connectivity index (χ0n) is 20.3. The summed E-state index contributed by atoms with van der Waals surface area (Å²) in [5, 5.41) is 0. The van der Waals surface area contributed by atoms with E-state index in [1.165, 1.54) is 48.9 Å². The molecule has 0 bridgehead atoms. The maximum absolute atomic E-state index is 14.4. The van der Waals surface area contributed by atoms with E-state index in [1.807, 2.05) is 0 Å². The maximum atomic E-state index is 14.4. The molecule has 0 unspecified atom stereocenters. The third-order valence-electron chi connectivity index (χ3n) is 6.71. The number of ether oxygens (including phenoxy) is 1. The Labute approximate surface area is 198 Å². The molecule has 0 radical (unpaired) electrons. The van der Waals surface area contributed by atoms with Crippen LogP contribution in [0.1, 0.15) is 101 Å². The van der Waals surface area contributed by atoms with Crippen LogP contribution in [-0.4, -0.2) is 6.61 Å². The van der Waals surface area contributed by atoms with E-state index in [0.717, 1.165) is 44.9 Å². The van der Waals surface area contributed by atoms with Crippen molar-refractivity contribution in [1.82, 2.24) is 0 Å². The van der Waals surface area contributed by atoms with Crippen molar-refractivity contribution in [2.75, 3.05) is 6.61 Å². The van der Waals surface area contributed by atoms with Crippen LogP contribution in [0.3, 0.4) is 0 Å². The lowest BCUT2D eigenvalue weighted by Gasteiger charge is -2.26. The normalized spacial score (nSPS) is 17.9. The van der Waals surface area contributed by atoms with Gasteiger partial charge >= 0.3 is 0 Å². The van der Waals surface area contributed by atoms with E-state index in [1.54, 1.807) is 0 Å². The molecule has 178 valence electrons. The average Bonchev–Trinajstić information content (AvgIpc) is 2.85. The third-order valence-corrected chi connectivity index (χ3v) is 6.71. The van der Waals surface area contributed by atoms with Crippen molar-refractivity contribution in [3.05, 3.63) is 64.7 Å². The van der Waals surface area contributed by atoms with Crippen molar-refractivity contribution in [2.45, 2.75) is 90.4 Å². The van der Waals surface area contributed by atoms with Gasteiger partial charge in [0.15, 0.2) is 11.6 Å². The zero-order valence-corrected chi connectivity index (χ0v) is 20.3. The summed E-state index contributed by atoms with van der Waals surface area (Å²) in [4.78, 5) is 0. The van der Waals surface area contributed by atoms with Crippen molar-refractivity contribution in [3.8, 4) is 17.6 Å². The Morgan fingerprint density at radius 3 is 2.21 bits per heavy atom. The number of hydrogen-bond donors (Lipinski definition) is 0. The van der Waals surface area contributed by atoms with Crippen LogP contribution < -0.4 is 4.74 Å². The van der Waals surface area contributed by atoms with Crippen LogP contribution in [0, 0.1) is 29.4 Å². The van der Waals surface area contributed by atoms with E-state index < -0.39 is 11.6 Å².